The number of nitrogens with zero attached hydrogens (tertiary/aromatic N) is 2. The Hall–Kier alpha value is -2.37. The first-order valence-corrected chi connectivity index (χ1v) is 7.21. The van der Waals surface area contributed by atoms with Gasteiger partial charge in [-0.15, -0.1) is 12.4 Å². The number of nitrogens with one attached hydrogen (secondary N) is 2. The van der Waals surface area contributed by atoms with Crippen molar-refractivity contribution in [2.45, 2.75) is 6.92 Å². The summed E-state index contributed by atoms with van der Waals surface area (Å²) in [5.41, 5.74) is 3.00. The van der Waals surface area contributed by atoms with Gasteiger partial charge in [0.25, 0.3) is 0 Å². The molecule has 0 bridgehead atoms. The fourth-order valence-electron chi connectivity index (χ4n) is 2.21. The van der Waals surface area contributed by atoms with Crippen molar-refractivity contribution in [3.63, 3.8) is 0 Å². The van der Waals surface area contributed by atoms with Crippen molar-refractivity contribution in [1.82, 2.24) is 9.97 Å². The Balaban J connectivity index is 0.00000192. The van der Waals surface area contributed by atoms with Crippen molar-refractivity contribution in [2.24, 2.45) is 0 Å². The molecule has 23 heavy (non-hydrogen) atoms. The fraction of sp³-hybridized carbons (Fsp3) is 0.176. The summed E-state index contributed by atoms with van der Waals surface area (Å²) in [6.07, 6.45) is 0. The predicted octanol–water partition coefficient (Wildman–Crippen LogP) is 3.51. The molecule has 2 aromatic carbocycles. The Morgan fingerprint density at radius 1 is 1.00 bits per heavy atom. The van der Waals surface area contributed by atoms with Gasteiger partial charge in [0.1, 0.15) is 5.82 Å². The Morgan fingerprint density at radius 2 is 1.74 bits per heavy atom. The number of halogens is 1. The SMILES string of the molecule is Cc1ccc(Nc2nc(NCCO)c3ccccc3n2)cc1.Cl. The van der Waals surface area contributed by atoms with Crippen LogP contribution in [0.15, 0.2) is 48.5 Å². The molecule has 3 aromatic rings. The van der Waals surface area contributed by atoms with E-state index in [2.05, 4.69) is 20.6 Å². The topological polar surface area (TPSA) is 70.1 Å². The quantitative estimate of drug-likeness (QED) is 0.668. The first kappa shape index (κ1) is 17.0. The molecule has 0 spiro atoms. The first-order valence-electron chi connectivity index (χ1n) is 7.21. The first-order chi connectivity index (χ1) is 10.8. The Morgan fingerprint density at radius 3 is 2.48 bits per heavy atom. The second kappa shape index (κ2) is 7.76. The summed E-state index contributed by atoms with van der Waals surface area (Å²) in [4.78, 5) is 9.05. The summed E-state index contributed by atoms with van der Waals surface area (Å²) in [5, 5.41) is 16.3. The summed E-state index contributed by atoms with van der Waals surface area (Å²) in [6, 6.07) is 15.9. The fourth-order valence-corrected chi connectivity index (χ4v) is 2.21. The minimum Gasteiger partial charge on any atom is -0.395 e. The van der Waals surface area contributed by atoms with Crippen LogP contribution in [0.2, 0.25) is 0 Å². The predicted molar refractivity (Wildman–Crippen MR) is 96.8 cm³/mol. The van der Waals surface area contributed by atoms with Gasteiger partial charge in [-0.25, -0.2) is 4.98 Å². The van der Waals surface area contributed by atoms with E-state index in [4.69, 9.17) is 5.11 Å². The van der Waals surface area contributed by atoms with Gasteiger partial charge >= 0.3 is 0 Å². The van der Waals surface area contributed by atoms with Gasteiger partial charge in [0.2, 0.25) is 5.95 Å². The molecule has 5 nitrogen and oxygen atoms in total. The maximum Gasteiger partial charge on any atom is 0.229 e. The van der Waals surface area contributed by atoms with E-state index in [0.717, 1.165) is 16.6 Å². The van der Waals surface area contributed by atoms with Crippen LogP contribution in [0.1, 0.15) is 5.56 Å². The number of aliphatic hydroxyl groups is 1. The van der Waals surface area contributed by atoms with E-state index in [-0.39, 0.29) is 19.0 Å². The maximum absolute atomic E-state index is 9.01. The molecule has 6 heteroatoms. The highest BCUT2D eigenvalue weighted by molar-refractivity contribution is 5.90. The summed E-state index contributed by atoms with van der Waals surface area (Å²) in [5.74, 6) is 1.25. The number of aryl methyl sites for hydroxylation is 1. The van der Waals surface area contributed by atoms with Gasteiger partial charge in [-0.3, -0.25) is 0 Å². The third kappa shape index (κ3) is 4.09. The van der Waals surface area contributed by atoms with Crippen molar-refractivity contribution in [3.8, 4) is 0 Å². The zero-order valence-electron chi connectivity index (χ0n) is 12.8. The number of aromatic nitrogens is 2. The van der Waals surface area contributed by atoms with Gasteiger partial charge < -0.3 is 15.7 Å². The zero-order chi connectivity index (χ0) is 15.4. The molecule has 0 saturated heterocycles. The lowest BCUT2D eigenvalue weighted by molar-refractivity contribution is 0.311. The van der Waals surface area contributed by atoms with Gasteiger partial charge in [0, 0.05) is 17.6 Å². The van der Waals surface area contributed by atoms with Crippen LogP contribution in [0.5, 0.6) is 0 Å². The van der Waals surface area contributed by atoms with E-state index >= 15 is 0 Å². The van der Waals surface area contributed by atoms with Crippen LogP contribution < -0.4 is 10.6 Å². The third-order valence-electron chi connectivity index (χ3n) is 3.32. The van der Waals surface area contributed by atoms with Crippen LogP contribution in [-0.2, 0) is 0 Å². The molecule has 0 radical (unpaired) electrons. The standard InChI is InChI=1S/C17H18N4O.ClH/c1-12-6-8-13(9-7-12)19-17-20-15-5-3-2-4-14(15)16(21-17)18-10-11-22;/h2-9,22H,10-11H2,1H3,(H2,18,19,20,21);1H. The highest BCUT2D eigenvalue weighted by Crippen LogP contribution is 2.23. The van der Waals surface area contributed by atoms with E-state index < -0.39 is 0 Å². The molecule has 0 aliphatic heterocycles. The highest BCUT2D eigenvalue weighted by Gasteiger charge is 2.07. The number of rotatable bonds is 5. The van der Waals surface area contributed by atoms with Gasteiger partial charge in [0.15, 0.2) is 0 Å². The number of aliphatic hydroxyl groups excluding tert-OH is 1. The molecule has 0 fully saturated rings. The average molecular weight is 331 g/mol. The summed E-state index contributed by atoms with van der Waals surface area (Å²) < 4.78 is 0. The molecular formula is C17H19ClN4O. The molecule has 0 aliphatic carbocycles. The maximum atomic E-state index is 9.01. The third-order valence-corrected chi connectivity index (χ3v) is 3.32. The lowest BCUT2D eigenvalue weighted by atomic mass is 10.2. The van der Waals surface area contributed by atoms with Crippen molar-refractivity contribution in [2.75, 3.05) is 23.8 Å². The second-order valence-corrected chi connectivity index (χ2v) is 5.05. The summed E-state index contributed by atoms with van der Waals surface area (Å²) in [6.45, 7) is 2.55. The van der Waals surface area contributed by atoms with Crippen LogP contribution in [0, 0.1) is 6.92 Å². The normalized spacial score (nSPS) is 10.2. The summed E-state index contributed by atoms with van der Waals surface area (Å²) >= 11 is 0. The smallest absolute Gasteiger partial charge is 0.229 e. The van der Waals surface area contributed by atoms with E-state index in [0.29, 0.717) is 18.3 Å². The molecular weight excluding hydrogens is 312 g/mol. The molecule has 0 unspecified atom stereocenters. The molecule has 3 rings (SSSR count). The molecule has 0 aliphatic rings. The molecule has 1 heterocycles. The Kier molecular flexibility index (Phi) is 5.73. The largest absolute Gasteiger partial charge is 0.395 e. The van der Waals surface area contributed by atoms with Crippen LogP contribution in [0.3, 0.4) is 0 Å². The van der Waals surface area contributed by atoms with Crippen molar-refractivity contribution >= 4 is 40.8 Å². The monoisotopic (exact) mass is 330 g/mol. The molecule has 120 valence electrons. The van der Waals surface area contributed by atoms with Crippen molar-refractivity contribution in [1.29, 1.82) is 0 Å². The van der Waals surface area contributed by atoms with Crippen molar-refractivity contribution in [3.05, 3.63) is 54.1 Å². The van der Waals surface area contributed by atoms with Crippen LogP contribution in [-0.4, -0.2) is 28.2 Å². The van der Waals surface area contributed by atoms with E-state index in [1.807, 2.05) is 55.5 Å². The van der Waals surface area contributed by atoms with Crippen LogP contribution in [0.4, 0.5) is 17.5 Å². The number of hydrogen-bond donors (Lipinski definition) is 3. The number of anilines is 3. The zero-order valence-corrected chi connectivity index (χ0v) is 13.6. The number of hydrogen-bond acceptors (Lipinski definition) is 5. The van der Waals surface area contributed by atoms with Gasteiger partial charge in [0.05, 0.1) is 12.1 Å². The molecule has 3 N–H and O–H groups in total. The lowest BCUT2D eigenvalue weighted by Gasteiger charge is -2.11. The Labute approximate surface area is 141 Å². The molecule has 0 saturated carbocycles. The van der Waals surface area contributed by atoms with Crippen LogP contribution >= 0.6 is 12.4 Å². The van der Waals surface area contributed by atoms with Gasteiger partial charge in [-0.05, 0) is 31.2 Å². The second-order valence-electron chi connectivity index (χ2n) is 5.05. The summed E-state index contributed by atoms with van der Waals surface area (Å²) in [7, 11) is 0. The molecule has 0 atom stereocenters. The number of para-hydroxylation sites is 1. The van der Waals surface area contributed by atoms with E-state index in [9.17, 15) is 0 Å². The van der Waals surface area contributed by atoms with Crippen LogP contribution in [0.25, 0.3) is 10.9 Å². The lowest BCUT2D eigenvalue weighted by Crippen LogP contribution is -2.09. The average Bonchev–Trinajstić information content (AvgIpc) is 2.55. The minimum absolute atomic E-state index is 0. The van der Waals surface area contributed by atoms with E-state index in [1.165, 1.54) is 5.56 Å². The van der Waals surface area contributed by atoms with E-state index in [1.54, 1.807) is 0 Å². The number of fused-ring (bicyclic) bond motifs is 1. The molecule has 1 aromatic heterocycles. The van der Waals surface area contributed by atoms with Gasteiger partial charge in [-0.1, -0.05) is 29.8 Å². The number of benzene rings is 2. The molecule has 0 amide bonds. The highest BCUT2D eigenvalue weighted by atomic mass is 35.5. The minimum atomic E-state index is 0. The van der Waals surface area contributed by atoms with Gasteiger partial charge in [-0.2, -0.15) is 4.98 Å². The Bertz CT molecular complexity index is 777. The van der Waals surface area contributed by atoms with Crippen molar-refractivity contribution < 1.29 is 5.11 Å².